The van der Waals surface area contributed by atoms with Gasteiger partial charge in [-0.1, -0.05) is 6.92 Å². The van der Waals surface area contributed by atoms with Gasteiger partial charge in [-0.05, 0) is 47.2 Å². The van der Waals surface area contributed by atoms with Gasteiger partial charge in [0, 0.05) is 29.3 Å². The zero-order valence-electron chi connectivity index (χ0n) is 10.1. The molecule has 0 N–H and O–H groups in total. The first-order chi connectivity index (χ1) is 8.24. The Bertz CT molecular complexity index is 380. The van der Waals surface area contributed by atoms with Crippen LogP contribution >= 0.6 is 27.5 Å². The van der Waals surface area contributed by atoms with Crippen LogP contribution in [0, 0.1) is 5.92 Å². The predicted molar refractivity (Wildman–Crippen MR) is 76.7 cm³/mol. The molecule has 1 aromatic rings. The van der Waals surface area contributed by atoms with Crippen molar-refractivity contribution in [2.75, 3.05) is 18.0 Å². The van der Waals surface area contributed by atoms with Crippen molar-refractivity contribution in [2.24, 2.45) is 5.92 Å². The molecule has 1 saturated carbocycles. The van der Waals surface area contributed by atoms with Crippen molar-refractivity contribution in [1.29, 1.82) is 0 Å². The minimum Gasteiger partial charge on any atom is -0.356 e. The summed E-state index contributed by atoms with van der Waals surface area (Å²) in [4.78, 5) is 6.93. The van der Waals surface area contributed by atoms with Crippen LogP contribution in [0.5, 0.6) is 0 Å². The maximum atomic E-state index is 6.01. The van der Waals surface area contributed by atoms with Gasteiger partial charge in [-0.2, -0.15) is 0 Å². The van der Waals surface area contributed by atoms with Crippen LogP contribution in [0.15, 0.2) is 16.7 Å². The van der Waals surface area contributed by atoms with Crippen LogP contribution in [0.1, 0.15) is 31.7 Å². The fourth-order valence-electron chi connectivity index (χ4n) is 2.02. The molecule has 1 heterocycles. The number of alkyl halides is 1. The minimum absolute atomic E-state index is 0.520. The lowest BCUT2D eigenvalue weighted by atomic mass is 10.2. The van der Waals surface area contributed by atoms with E-state index < -0.39 is 0 Å². The number of anilines is 1. The summed E-state index contributed by atoms with van der Waals surface area (Å²) >= 11 is 9.46. The summed E-state index contributed by atoms with van der Waals surface area (Å²) in [6, 6.07) is 2.07. The highest BCUT2D eigenvalue weighted by molar-refractivity contribution is 9.10. The summed E-state index contributed by atoms with van der Waals surface area (Å²) < 4.78 is 1.000. The lowest BCUT2D eigenvalue weighted by Crippen LogP contribution is -2.28. The third-order valence-corrected chi connectivity index (χ3v) is 3.74. The van der Waals surface area contributed by atoms with Crippen molar-refractivity contribution in [3.05, 3.63) is 22.3 Å². The normalized spacial score (nSPS) is 15.0. The molecule has 0 unspecified atom stereocenters. The Morgan fingerprint density at radius 2 is 2.29 bits per heavy atom. The topological polar surface area (TPSA) is 16.1 Å². The fraction of sp³-hybridized carbons (Fsp3) is 0.615. The van der Waals surface area contributed by atoms with E-state index in [0.29, 0.717) is 5.88 Å². The van der Waals surface area contributed by atoms with Crippen LogP contribution in [0.3, 0.4) is 0 Å². The second-order valence-corrected chi connectivity index (χ2v) is 5.84. The second kappa shape index (κ2) is 6.05. The summed E-state index contributed by atoms with van der Waals surface area (Å²) in [7, 11) is 0. The van der Waals surface area contributed by atoms with Crippen LogP contribution < -0.4 is 4.90 Å². The summed E-state index contributed by atoms with van der Waals surface area (Å²) in [5.41, 5.74) is 1.12. The monoisotopic (exact) mass is 316 g/mol. The molecule has 0 atom stereocenters. The molecule has 17 heavy (non-hydrogen) atoms. The highest BCUT2D eigenvalue weighted by atomic mass is 79.9. The largest absolute Gasteiger partial charge is 0.356 e. The molecule has 4 heteroatoms. The van der Waals surface area contributed by atoms with Gasteiger partial charge in [0.05, 0.1) is 5.88 Å². The van der Waals surface area contributed by atoms with E-state index in [1.807, 2.05) is 6.20 Å². The van der Waals surface area contributed by atoms with Gasteiger partial charge in [0.2, 0.25) is 0 Å². The molecule has 94 valence electrons. The van der Waals surface area contributed by atoms with Gasteiger partial charge in [0.25, 0.3) is 0 Å². The summed E-state index contributed by atoms with van der Waals surface area (Å²) in [5, 5.41) is 0. The van der Waals surface area contributed by atoms with E-state index in [0.717, 1.165) is 41.3 Å². The average molecular weight is 318 g/mol. The Labute approximate surface area is 116 Å². The molecule has 0 aliphatic heterocycles. The molecule has 0 bridgehead atoms. The average Bonchev–Trinajstić information content (AvgIpc) is 3.12. The number of rotatable bonds is 6. The van der Waals surface area contributed by atoms with Crippen LogP contribution in [0.2, 0.25) is 0 Å². The fourth-order valence-corrected chi connectivity index (χ4v) is 2.60. The molecule has 2 rings (SSSR count). The quantitative estimate of drug-likeness (QED) is 0.731. The summed E-state index contributed by atoms with van der Waals surface area (Å²) in [6.07, 6.45) is 5.74. The molecule has 1 fully saturated rings. The maximum absolute atomic E-state index is 6.01. The number of halogens is 2. The van der Waals surface area contributed by atoms with Crippen molar-refractivity contribution in [3.63, 3.8) is 0 Å². The van der Waals surface area contributed by atoms with Crippen LogP contribution in [0.4, 0.5) is 5.82 Å². The number of nitrogens with zero attached hydrogens (tertiary/aromatic N) is 2. The van der Waals surface area contributed by atoms with Crippen molar-refractivity contribution >= 4 is 33.3 Å². The van der Waals surface area contributed by atoms with Gasteiger partial charge in [-0.3, -0.25) is 0 Å². The lowest BCUT2D eigenvalue weighted by molar-refractivity contribution is 0.696. The number of aromatic nitrogens is 1. The Kier molecular flexibility index (Phi) is 4.69. The van der Waals surface area contributed by atoms with Crippen molar-refractivity contribution < 1.29 is 0 Å². The zero-order chi connectivity index (χ0) is 12.3. The SMILES string of the molecule is CCCN(CC1CC1)c1ncc(Br)cc1CCl. The minimum atomic E-state index is 0.520. The highest BCUT2D eigenvalue weighted by Crippen LogP contribution is 2.32. The van der Waals surface area contributed by atoms with Crippen molar-refractivity contribution in [2.45, 2.75) is 32.1 Å². The molecule has 0 radical (unpaired) electrons. The lowest BCUT2D eigenvalue weighted by Gasteiger charge is -2.25. The molecule has 1 aliphatic rings. The predicted octanol–water partition coefficient (Wildman–Crippen LogP) is 4.21. The second-order valence-electron chi connectivity index (χ2n) is 4.66. The van der Waals surface area contributed by atoms with E-state index in [1.165, 1.54) is 12.8 Å². The first-order valence-electron chi connectivity index (χ1n) is 6.20. The van der Waals surface area contributed by atoms with Gasteiger partial charge in [0.15, 0.2) is 0 Å². The van der Waals surface area contributed by atoms with Gasteiger partial charge in [-0.25, -0.2) is 4.98 Å². The third kappa shape index (κ3) is 3.59. The Morgan fingerprint density at radius 1 is 1.53 bits per heavy atom. The Balaban J connectivity index is 2.20. The van der Waals surface area contributed by atoms with Gasteiger partial charge >= 0.3 is 0 Å². The van der Waals surface area contributed by atoms with Gasteiger partial charge in [-0.15, -0.1) is 11.6 Å². The van der Waals surface area contributed by atoms with E-state index in [2.05, 4.69) is 38.8 Å². The van der Waals surface area contributed by atoms with E-state index >= 15 is 0 Å². The summed E-state index contributed by atoms with van der Waals surface area (Å²) in [5.74, 6) is 2.46. The van der Waals surface area contributed by atoms with Crippen LogP contribution in [-0.4, -0.2) is 18.1 Å². The Hall–Kier alpha value is -0.280. The zero-order valence-corrected chi connectivity index (χ0v) is 12.5. The van der Waals surface area contributed by atoms with Gasteiger partial charge in [0.1, 0.15) is 5.82 Å². The molecule has 2 nitrogen and oxygen atoms in total. The molecule has 0 saturated heterocycles. The molecular formula is C13H18BrClN2. The van der Waals surface area contributed by atoms with E-state index in [-0.39, 0.29) is 0 Å². The third-order valence-electron chi connectivity index (χ3n) is 3.02. The molecule has 0 amide bonds. The highest BCUT2D eigenvalue weighted by Gasteiger charge is 2.25. The molecule has 0 spiro atoms. The van der Waals surface area contributed by atoms with E-state index in [4.69, 9.17) is 11.6 Å². The van der Waals surface area contributed by atoms with Crippen LogP contribution in [-0.2, 0) is 5.88 Å². The summed E-state index contributed by atoms with van der Waals surface area (Å²) in [6.45, 7) is 4.40. The van der Waals surface area contributed by atoms with Crippen LogP contribution in [0.25, 0.3) is 0 Å². The van der Waals surface area contributed by atoms with E-state index in [1.54, 1.807) is 0 Å². The van der Waals surface area contributed by atoms with Gasteiger partial charge < -0.3 is 4.90 Å². The number of pyridine rings is 1. The molecule has 0 aromatic carbocycles. The molecular weight excluding hydrogens is 300 g/mol. The number of hydrogen-bond acceptors (Lipinski definition) is 2. The maximum Gasteiger partial charge on any atom is 0.133 e. The first kappa shape index (κ1) is 13.2. The molecule has 1 aromatic heterocycles. The smallest absolute Gasteiger partial charge is 0.133 e. The van der Waals surface area contributed by atoms with E-state index in [9.17, 15) is 0 Å². The number of hydrogen-bond donors (Lipinski definition) is 0. The van der Waals surface area contributed by atoms with Crippen molar-refractivity contribution in [1.82, 2.24) is 4.98 Å². The molecule has 1 aliphatic carbocycles. The van der Waals surface area contributed by atoms with Crippen molar-refractivity contribution in [3.8, 4) is 0 Å². The standard InChI is InChI=1S/C13H18BrClN2/c1-2-5-17(9-10-3-4-10)13-11(7-15)6-12(14)8-16-13/h6,8,10H,2-5,7,9H2,1H3. The first-order valence-corrected chi connectivity index (χ1v) is 7.52. The Morgan fingerprint density at radius 3 is 2.88 bits per heavy atom.